The molecule has 3 aromatic heterocycles. The molecule has 176 valence electrons. The van der Waals surface area contributed by atoms with Gasteiger partial charge < -0.3 is 10.0 Å². The van der Waals surface area contributed by atoms with Crippen LogP contribution in [0.15, 0.2) is 35.2 Å². The molecule has 33 heavy (non-hydrogen) atoms. The van der Waals surface area contributed by atoms with Gasteiger partial charge in [-0.3, -0.25) is 9.69 Å². The van der Waals surface area contributed by atoms with Crippen molar-refractivity contribution in [1.82, 2.24) is 24.6 Å². The van der Waals surface area contributed by atoms with Crippen molar-refractivity contribution in [3.05, 3.63) is 40.8 Å². The Kier molecular flexibility index (Phi) is 6.39. The summed E-state index contributed by atoms with van der Waals surface area (Å²) in [6.45, 7) is 2.38. The van der Waals surface area contributed by atoms with Gasteiger partial charge >= 0.3 is 12.1 Å². The first kappa shape index (κ1) is 23.2. The van der Waals surface area contributed by atoms with Gasteiger partial charge in [0.2, 0.25) is 5.91 Å². The minimum Gasteiger partial charge on any atom is -0.475 e. The molecule has 1 aliphatic carbocycles. The number of nitrogens with zero attached hydrogens (tertiary/aromatic N) is 5. The van der Waals surface area contributed by atoms with Crippen LogP contribution in [0, 0.1) is 5.92 Å². The van der Waals surface area contributed by atoms with Gasteiger partial charge in [-0.15, -0.1) is 5.10 Å². The molecule has 3 aromatic rings. The first-order valence-electron chi connectivity index (χ1n) is 10.3. The van der Waals surface area contributed by atoms with E-state index in [1.165, 1.54) is 5.56 Å². The number of hydrogen-bond acceptors (Lipinski definition) is 6. The molecule has 8 nitrogen and oxygen atoms in total. The number of carboxylic acids is 1. The van der Waals surface area contributed by atoms with E-state index in [2.05, 4.69) is 51.2 Å². The summed E-state index contributed by atoms with van der Waals surface area (Å²) in [6, 6.07) is 6.42. The van der Waals surface area contributed by atoms with Gasteiger partial charge in [-0.05, 0) is 48.3 Å². The molecular formula is C21H22F3N5O3S. The van der Waals surface area contributed by atoms with Gasteiger partial charge in [0, 0.05) is 37.3 Å². The average Bonchev–Trinajstić information content (AvgIpc) is 3.31. The van der Waals surface area contributed by atoms with Crippen molar-refractivity contribution >= 4 is 28.7 Å². The fourth-order valence-electron chi connectivity index (χ4n) is 3.71. The summed E-state index contributed by atoms with van der Waals surface area (Å²) in [6.07, 6.45) is -0.948. The lowest BCUT2D eigenvalue weighted by Crippen LogP contribution is -2.49. The Balaban J connectivity index is 0.000000325. The third kappa shape index (κ3) is 5.17. The maximum Gasteiger partial charge on any atom is 0.490 e. The Morgan fingerprint density at radius 1 is 1.15 bits per heavy atom. The lowest BCUT2D eigenvalue weighted by Gasteiger charge is -2.38. The van der Waals surface area contributed by atoms with E-state index < -0.39 is 12.1 Å². The summed E-state index contributed by atoms with van der Waals surface area (Å²) in [5.41, 5.74) is 4.31. The Morgan fingerprint density at radius 2 is 1.88 bits per heavy atom. The van der Waals surface area contributed by atoms with Gasteiger partial charge in [-0.25, -0.2) is 9.31 Å². The molecule has 1 atom stereocenters. The topological polar surface area (TPSA) is 91.0 Å². The molecule has 0 bridgehead atoms. The van der Waals surface area contributed by atoms with E-state index in [4.69, 9.17) is 9.90 Å². The number of rotatable bonds is 3. The fraction of sp³-hybridized carbons (Fsp3) is 0.429. The van der Waals surface area contributed by atoms with Gasteiger partial charge in [0.25, 0.3) is 0 Å². The van der Waals surface area contributed by atoms with Crippen molar-refractivity contribution in [2.24, 2.45) is 5.92 Å². The average molecular weight is 482 g/mol. The van der Waals surface area contributed by atoms with E-state index in [1.807, 2.05) is 15.6 Å². The lowest BCUT2D eigenvalue weighted by molar-refractivity contribution is -0.192. The van der Waals surface area contributed by atoms with Crippen molar-refractivity contribution in [2.45, 2.75) is 25.1 Å². The molecular weight excluding hydrogens is 459 g/mol. The predicted octanol–water partition coefficient (Wildman–Crippen LogP) is 3.32. The molecule has 0 spiro atoms. The Bertz CT molecular complexity index is 1140. The second-order valence-corrected chi connectivity index (χ2v) is 8.87. The van der Waals surface area contributed by atoms with Gasteiger partial charge in [0.1, 0.15) is 5.69 Å². The second-order valence-electron chi connectivity index (χ2n) is 8.09. The van der Waals surface area contributed by atoms with Crippen LogP contribution in [0.5, 0.6) is 0 Å². The number of amides is 1. The molecule has 1 saturated carbocycles. The van der Waals surface area contributed by atoms with Crippen LogP contribution in [0.2, 0.25) is 0 Å². The maximum atomic E-state index is 12.5. The molecule has 1 amide bonds. The molecule has 1 unspecified atom stereocenters. The van der Waals surface area contributed by atoms with Crippen molar-refractivity contribution in [3.8, 4) is 11.1 Å². The van der Waals surface area contributed by atoms with E-state index in [0.717, 1.165) is 42.7 Å². The number of aliphatic carboxylic acids is 1. The molecule has 0 radical (unpaired) electrons. The van der Waals surface area contributed by atoms with E-state index in [9.17, 15) is 18.0 Å². The highest BCUT2D eigenvalue weighted by molar-refractivity contribution is 7.08. The normalized spacial score (nSPS) is 19.3. The number of carbonyl (C=O) groups is 2. The summed E-state index contributed by atoms with van der Waals surface area (Å²) >= 11 is 1.69. The number of halogens is 3. The molecule has 1 saturated heterocycles. The highest BCUT2D eigenvalue weighted by atomic mass is 32.1. The minimum atomic E-state index is -5.08. The van der Waals surface area contributed by atoms with Crippen LogP contribution < -0.4 is 0 Å². The first-order chi connectivity index (χ1) is 15.6. The number of piperazine rings is 1. The summed E-state index contributed by atoms with van der Waals surface area (Å²) in [5, 5.41) is 20.2. The summed E-state index contributed by atoms with van der Waals surface area (Å²) in [7, 11) is 2.11. The number of likely N-dealkylation sites (N-methyl/N-ethyl adjacent to an activating group) is 1. The maximum absolute atomic E-state index is 12.5. The van der Waals surface area contributed by atoms with Gasteiger partial charge in [0.05, 0.1) is 11.6 Å². The summed E-state index contributed by atoms with van der Waals surface area (Å²) in [4.78, 5) is 25.7. The molecule has 2 aliphatic rings. The van der Waals surface area contributed by atoms with E-state index in [0.29, 0.717) is 12.5 Å². The fourth-order valence-corrected chi connectivity index (χ4v) is 4.37. The second kappa shape index (κ2) is 9.10. The van der Waals surface area contributed by atoms with Crippen LogP contribution in [0.1, 0.15) is 24.6 Å². The largest absolute Gasteiger partial charge is 0.490 e. The van der Waals surface area contributed by atoms with Crippen LogP contribution in [0.4, 0.5) is 13.2 Å². The van der Waals surface area contributed by atoms with Crippen LogP contribution in [0.25, 0.3) is 16.6 Å². The van der Waals surface area contributed by atoms with Crippen molar-refractivity contribution in [2.75, 3.05) is 26.7 Å². The number of alkyl halides is 3. The number of fused-ring (bicyclic) bond motifs is 1. The summed E-state index contributed by atoms with van der Waals surface area (Å²) < 4.78 is 33.6. The standard InChI is InChI=1S/C19H21N5OS.C2HF3O2/c1-22-7-8-23(19(25)13-2-3-13)11-17(22)18-16-5-4-14(10-24(16)21-20-18)15-6-9-26-12-15;3-2(4,5)1(6)7/h4-6,9-10,12-13,17H,2-3,7-8,11H2,1H3;(H,6,7). The highest BCUT2D eigenvalue weighted by Gasteiger charge is 2.39. The molecule has 4 heterocycles. The van der Waals surface area contributed by atoms with Crippen molar-refractivity contribution in [3.63, 3.8) is 0 Å². The highest BCUT2D eigenvalue weighted by Crippen LogP contribution is 2.34. The van der Waals surface area contributed by atoms with Crippen LogP contribution in [-0.4, -0.2) is 74.5 Å². The quantitative estimate of drug-likeness (QED) is 0.617. The molecule has 1 aliphatic heterocycles. The van der Waals surface area contributed by atoms with Gasteiger partial charge in [0.15, 0.2) is 0 Å². The molecule has 12 heteroatoms. The van der Waals surface area contributed by atoms with E-state index in [1.54, 1.807) is 11.3 Å². The number of pyridine rings is 1. The van der Waals surface area contributed by atoms with Crippen molar-refractivity contribution < 1.29 is 27.9 Å². The Morgan fingerprint density at radius 3 is 2.48 bits per heavy atom. The number of hydrogen-bond donors (Lipinski definition) is 1. The van der Waals surface area contributed by atoms with Crippen molar-refractivity contribution in [1.29, 1.82) is 0 Å². The number of carbonyl (C=O) groups excluding carboxylic acids is 1. The predicted molar refractivity (Wildman–Crippen MR) is 115 cm³/mol. The zero-order chi connectivity index (χ0) is 23.8. The minimum absolute atomic E-state index is 0.0935. The van der Waals surface area contributed by atoms with Crippen LogP contribution in [-0.2, 0) is 9.59 Å². The SMILES string of the molecule is CN1CCN(C(=O)C2CC2)CC1c1nnn2cc(-c3ccsc3)ccc12.O=C(O)C(F)(F)F. The third-order valence-electron chi connectivity index (χ3n) is 5.74. The Labute approximate surface area is 191 Å². The summed E-state index contributed by atoms with van der Waals surface area (Å²) in [5.74, 6) is -2.17. The molecule has 2 fully saturated rings. The van der Waals surface area contributed by atoms with Gasteiger partial charge in [-0.1, -0.05) is 11.3 Å². The Hall–Kier alpha value is -2.99. The third-order valence-corrected chi connectivity index (χ3v) is 6.42. The van der Waals surface area contributed by atoms with Crippen LogP contribution >= 0.6 is 11.3 Å². The number of aromatic nitrogens is 3. The molecule has 5 rings (SSSR count). The molecule has 1 N–H and O–H groups in total. The zero-order valence-corrected chi connectivity index (χ0v) is 18.5. The number of carboxylic acid groups (broad SMARTS) is 1. The van der Waals surface area contributed by atoms with E-state index >= 15 is 0 Å². The molecule has 0 aromatic carbocycles. The van der Waals surface area contributed by atoms with E-state index in [-0.39, 0.29) is 12.0 Å². The van der Waals surface area contributed by atoms with Gasteiger partial charge in [-0.2, -0.15) is 24.5 Å². The smallest absolute Gasteiger partial charge is 0.475 e. The monoisotopic (exact) mass is 481 g/mol. The van der Waals surface area contributed by atoms with Crippen LogP contribution in [0.3, 0.4) is 0 Å². The lowest BCUT2D eigenvalue weighted by atomic mass is 10.1. The first-order valence-corrected chi connectivity index (χ1v) is 11.3. The number of thiophene rings is 1. The zero-order valence-electron chi connectivity index (χ0n) is 17.7.